The van der Waals surface area contributed by atoms with E-state index >= 15 is 0 Å². The second-order valence-corrected chi connectivity index (χ2v) is 12.5. The molecule has 0 saturated carbocycles. The van der Waals surface area contributed by atoms with E-state index in [-0.39, 0.29) is 36.2 Å². The summed E-state index contributed by atoms with van der Waals surface area (Å²) in [4.78, 5) is 37.7. The normalized spacial score (nSPS) is 14.3. The summed E-state index contributed by atoms with van der Waals surface area (Å²) >= 11 is 0. The van der Waals surface area contributed by atoms with Gasteiger partial charge >= 0.3 is 5.69 Å². The fraction of sp³-hybridized carbons (Fsp3) is 0.364. The zero-order valence-electron chi connectivity index (χ0n) is 26.2. The highest BCUT2D eigenvalue weighted by atomic mass is 16.5. The number of nitrogen functional groups attached to an aromatic ring is 1. The first kappa shape index (κ1) is 31.4. The van der Waals surface area contributed by atoms with Crippen LogP contribution in [0.4, 0.5) is 5.82 Å². The minimum Gasteiger partial charge on any atom is -0.457 e. The highest BCUT2D eigenvalue weighted by Crippen LogP contribution is 2.27. The van der Waals surface area contributed by atoms with E-state index < -0.39 is 16.9 Å². The molecule has 0 unspecified atom stereocenters. The molecule has 0 bridgehead atoms. The maximum Gasteiger partial charge on any atom is 0.335 e. The summed E-state index contributed by atoms with van der Waals surface area (Å²) in [6, 6.07) is 18.8. The van der Waals surface area contributed by atoms with Crippen molar-refractivity contribution < 1.29 is 14.3 Å². The van der Waals surface area contributed by atoms with E-state index in [1.54, 1.807) is 30.3 Å². The van der Waals surface area contributed by atoms with Gasteiger partial charge in [-0.25, -0.2) is 14.8 Å². The number of carbonyl (C=O) groups is 1. The second kappa shape index (κ2) is 12.6. The third-order valence-electron chi connectivity index (χ3n) is 8.06. The van der Waals surface area contributed by atoms with Crippen molar-refractivity contribution >= 4 is 22.9 Å². The van der Waals surface area contributed by atoms with Crippen molar-refractivity contribution in [2.75, 3.05) is 32.5 Å². The zero-order valence-corrected chi connectivity index (χ0v) is 26.2. The molecule has 234 valence electrons. The third kappa shape index (κ3) is 6.74. The molecule has 2 aromatic carbocycles. The number of benzene rings is 2. The van der Waals surface area contributed by atoms with Crippen molar-refractivity contribution in [2.24, 2.45) is 5.41 Å². The summed E-state index contributed by atoms with van der Waals surface area (Å²) in [6.45, 7) is 9.41. The van der Waals surface area contributed by atoms with E-state index in [0.717, 1.165) is 0 Å². The van der Waals surface area contributed by atoms with Crippen LogP contribution in [0.2, 0.25) is 0 Å². The van der Waals surface area contributed by atoms with Crippen LogP contribution in [0.25, 0.3) is 16.9 Å². The summed E-state index contributed by atoms with van der Waals surface area (Å²) in [5, 5.41) is 12.7. The first-order valence-corrected chi connectivity index (χ1v) is 14.7. The number of likely N-dealkylation sites (N-methyl/N-ethyl adjacent to an activating group) is 1. The summed E-state index contributed by atoms with van der Waals surface area (Å²) in [6.07, 6.45) is 3.00. The van der Waals surface area contributed by atoms with Crippen molar-refractivity contribution in [1.29, 1.82) is 5.26 Å². The Bertz CT molecular complexity index is 1810. The van der Waals surface area contributed by atoms with Crippen molar-refractivity contribution in [3.8, 4) is 23.3 Å². The van der Waals surface area contributed by atoms with Crippen LogP contribution in [0.3, 0.4) is 0 Å². The Kier molecular flexibility index (Phi) is 8.77. The lowest BCUT2D eigenvalue weighted by atomic mass is 9.92. The number of para-hydroxylation sites is 1. The number of fused-ring (bicyclic) bond motifs is 1. The van der Waals surface area contributed by atoms with Crippen LogP contribution in [0.5, 0.6) is 11.5 Å². The van der Waals surface area contributed by atoms with Gasteiger partial charge in [-0.15, -0.1) is 0 Å². The monoisotopic (exact) mass is 610 g/mol. The van der Waals surface area contributed by atoms with E-state index in [4.69, 9.17) is 15.2 Å². The Morgan fingerprint density at radius 1 is 1.13 bits per heavy atom. The molecule has 1 amide bonds. The van der Waals surface area contributed by atoms with E-state index in [2.05, 4.69) is 20.2 Å². The summed E-state index contributed by atoms with van der Waals surface area (Å²) in [5.74, 6) is 0.997. The van der Waals surface area contributed by atoms with Gasteiger partial charge in [0.25, 0.3) is 5.91 Å². The number of nitrogens with zero attached hydrogens (tertiary/aromatic N) is 6. The van der Waals surface area contributed by atoms with Crippen LogP contribution >= 0.6 is 0 Å². The van der Waals surface area contributed by atoms with Crippen molar-refractivity contribution in [3.05, 3.63) is 83.1 Å². The smallest absolute Gasteiger partial charge is 0.335 e. The predicted molar refractivity (Wildman–Crippen MR) is 171 cm³/mol. The van der Waals surface area contributed by atoms with Gasteiger partial charge in [-0.3, -0.25) is 18.8 Å². The van der Waals surface area contributed by atoms with Crippen LogP contribution in [-0.2, 0) is 16.1 Å². The van der Waals surface area contributed by atoms with Gasteiger partial charge < -0.3 is 20.5 Å². The molecule has 1 saturated heterocycles. The standard InChI is InChI=1S/C33H38N8O4/c1-32(2,19-36-30(42)22(16-34)15-33(3,4)39(5)24-17-44-18-24)20-40-29-27(28(35)37-21-38-29)41(31(40)43)23-11-13-26(14-12-23)45-25-9-7-6-8-10-25/h6-15,21,24H,17-20H2,1-5H3,(H,36,42)(H2,35,37,38). The fourth-order valence-electron chi connectivity index (χ4n) is 5.19. The van der Waals surface area contributed by atoms with Gasteiger partial charge in [0.05, 0.1) is 24.9 Å². The number of rotatable bonds is 11. The van der Waals surface area contributed by atoms with Gasteiger partial charge in [0.1, 0.15) is 35.0 Å². The minimum atomic E-state index is -0.609. The number of nitrogens with one attached hydrogen (secondary N) is 1. The lowest BCUT2D eigenvalue weighted by Gasteiger charge is -2.43. The molecule has 45 heavy (non-hydrogen) atoms. The number of hydrogen-bond acceptors (Lipinski definition) is 9. The highest BCUT2D eigenvalue weighted by molar-refractivity contribution is 5.97. The number of nitrogens with two attached hydrogens (primary N) is 1. The molecule has 0 atom stereocenters. The lowest BCUT2D eigenvalue weighted by Crippen LogP contribution is -2.55. The highest BCUT2D eigenvalue weighted by Gasteiger charge is 2.33. The van der Waals surface area contributed by atoms with E-state index in [1.807, 2.05) is 71.1 Å². The molecular weight excluding hydrogens is 572 g/mol. The number of nitriles is 1. The molecule has 3 N–H and O–H groups in total. The molecule has 1 aliphatic heterocycles. The maximum atomic E-state index is 13.9. The van der Waals surface area contributed by atoms with Gasteiger partial charge in [0.2, 0.25) is 0 Å². The van der Waals surface area contributed by atoms with Crippen LogP contribution < -0.4 is 21.5 Å². The summed E-state index contributed by atoms with van der Waals surface area (Å²) in [5.41, 5.74) is 6.13. The molecule has 2 aromatic heterocycles. The molecule has 0 aliphatic carbocycles. The molecule has 0 spiro atoms. The Balaban J connectivity index is 1.36. The number of anilines is 1. The van der Waals surface area contributed by atoms with Crippen molar-refractivity contribution in [3.63, 3.8) is 0 Å². The van der Waals surface area contributed by atoms with Gasteiger partial charge in [0.15, 0.2) is 11.5 Å². The van der Waals surface area contributed by atoms with Crippen LogP contribution in [0.15, 0.2) is 77.4 Å². The van der Waals surface area contributed by atoms with Gasteiger partial charge in [-0.05, 0) is 63.4 Å². The number of ether oxygens (including phenoxy) is 2. The van der Waals surface area contributed by atoms with Crippen LogP contribution in [-0.4, -0.2) is 68.3 Å². The predicted octanol–water partition coefficient (Wildman–Crippen LogP) is 3.66. The maximum absolute atomic E-state index is 13.9. The van der Waals surface area contributed by atoms with Gasteiger partial charge in [0, 0.05) is 24.0 Å². The molecule has 12 nitrogen and oxygen atoms in total. The largest absolute Gasteiger partial charge is 0.457 e. The van der Waals surface area contributed by atoms with E-state index in [0.29, 0.717) is 41.6 Å². The molecule has 5 rings (SSSR count). The number of hydrogen-bond donors (Lipinski definition) is 2. The Labute approximate surface area is 261 Å². The zero-order chi connectivity index (χ0) is 32.4. The summed E-state index contributed by atoms with van der Waals surface area (Å²) in [7, 11) is 1.96. The average molecular weight is 611 g/mol. The topological polar surface area (TPSA) is 153 Å². The number of aromatic nitrogens is 4. The fourth-order valence-corrected chi connectivity index (χ4v) is 5.19. The molecule has 4 aromatic rings. The third-order valence-corrected chi connectivity index (χ3v) is 8.06. The van der Waals surface area contributed by atoms with Gasteiger partial charge in [-0.2, -0.15) is 5.26 Å². The second-order valence-electron chi connectivity index (χ2n) is 12.5. The minimum absolute atomic E-state index is 0.0249. The average Bonchev–Trinajstić information content (AvgIpc) is 3.26. The first-order valence-electron chi connectivity index (χ1n) is 14.7. The molecule has 1 fully saturated rings. The van der Waals surface area contributed by atoms with Crippen molar-refractivity contribution in [2.45, 2.75) is 45.8 Å². The van der Waals surface area contributed by atoms with Crippen LogP contribution in [0.1, 0.15) is 27.7 Å². The van der Waals surface area contributed by atoms with E-state index in [1.165, 1.54) is 15.5 Å². The molecule has 12 heteroatoms. The summed E-state index contributed by atoms with van der Waals surface area (Å²) < 4.78 is 14.2. The first-order chi connectivity index (χ1) is 21.4. The number of imidazole rings is 1. The quantitative estimate of drug-likeness (QED) is 0.191. The molecular formula is C33H38N8O4. The molecule has 0 radical (unpaired) electrons. The van der Waals surface area contributed by atoms with Gasteiger partial charge in [-0.1, -0.05) is 32.0 Å². The Hall–Kier alpha value is -4.99. The Morgan fingerprint density at radius 3 is 2.42 bits per heavy atom. The lowest BCUT2D eigenvalue weighted by molar-refractivity contribution is -0.117. The SMILES string of the molecule is CN(C1COC1)C(C)(C)C=C(C#N)C(=O)NCC(C)(C)Cn1c(=O)n(-c2ccc(Oc3ccccc3)cc2)c2c(N)ncnc21. The Morgan fingerprint density at radius 2 is 1.80 bits per heavy atom. The van der Waals surface area contributed by atoms with Crippen molar-refractivity contribution in [1.82, 2.24) is 29.3 Å². The van der Waals surface area contributed by atoms with Crippen LogP contribution in [0, 0.1) is 16.7 Å². The number of carbonyl (C=O) groups excluding carboxylic acids is 1. The molecule has 1 aliphatic rings. The van der Waals surface area contributed by atoms with E-state index in [9.17, 15) is 14.9 Å². The number of amides is 1. The molecule has 3 heterocycles.